The molecular formula is C24H22N4O2S. The highest BCUT2D eigenvalue weighted by molar-refractivity contribution is 7.99. The molecule has 7 heteroatoms. The van der Waals surface area contributed by atoms with E-state index in [9.17, 15) is 9.59 Å². The SMILES string of the molecule is CC(C)N(C(=O)CSc1nc2ccccc2c(=O)n1-c1cccnc1)c1ccccc1. The minimum atomic E-state index is -0.183. The normalized spacial score (nSPS) is 11.1. The second kappa shape index (κ2) is 9.14. The standard InChI is InChI=1S/C24H22N4O2S/c1-17(2)27(18-9-4-3-5-10-18)22(29)16-31-24-26-21-13-7-6-12-20(21)23(30)28(24)19-11-8-14-25-15-19/h3-15,17H,16H2,1-2H3. The summed E-state index contributed by atoms with van der Waals surface area (Å²) in [6.45, 7) is 3.96. The summed E-state index contributed by atoms with van der Waals surface area (Å²) in [5.41, 5.74) is 1.88. The third kappa shape index (κ3) is 4.36. The molecule has 2 heterocycles. The van der Waals surface area contributed by atoms with Crippen LogP contribution in [0.2, 0.25) is 0 Å². The molecule has 4 aromatic rings. The van der Waals surface area contributed by atoms with Crippen LogP contribution in [-0.4, -0.2) is 32.2 Å². The monoisotopic (exact) mass is 430 g/mol. The summed E-state index contributed by atoms with van der Waals surface area (Å²) in [5, 5.41) is 0.983. The van der Waals surface area contributed by atoms with Crippen molar-refractivity contribution in [3.8, 4) is 5.69 Å². The van der Waals surface area contributed by atoms with Crippen LogP contribution in [0.25, 0.3) is 16.6 Å². The van der Waals surface area contributed by atoms with Gasteiger partial charge in [-0.15, -0.1) is 0 Å². The Morgan fingerprint density at radius 3 is 2.48 bits per heavy atom. The van der Waals surface area contributed by atoms with Crippen molar-refractivity contribution in [2.75, 3.05) is 10.7 Å². The number of hydrogen-bond donors (Lipinski definition) is 0. The highest BCUT2D eigenvalue weighted by atomic mass is 32.2. The smallest absolute Gasteiger partial charge is 0.266 e. The first-order valence-corrected chi connectivity index (χ1v) is 11.0. The lowest BCUT2D eigenvalue weighted by Crippen LogP contribution is -2.38. The van der Waals surface area contributed by atoms with Gasteiger partial charge in [-0.25, -0.2) is 4.98 Å². The molecule has 0 fully saturated rings. The second-order valence-electron chi connectivity index (χ2n) is 7.25. The number of benzene rings is 2. The minimum absolute atomic E-state index is 0.000536. The Balaban J connectivity index is 1.71. The highest BCUT2D eigenvalue weighted by Crippen LogP contribution is 2.23. The number of anilines is 1. The summed E-state index contributed by atoms with van der Waals surface area (Å²) in [6, 6.07) is 20.4. The Morgan fingerprint density at radius 2 is 1.77 bits per heavy atom. The van der Waals surface area contributed by atoms with E-state index in [0.29, 0.717) is 21.7 Å². The van der Waals surface area contributed by atoms with E-state index in [1.165, 1.54) is 16.3 Å². The van der Waals surface area contributed by atoms with Gasteiger partial charge in [-0.05, 0) is 50.2 Å². The summed E-state index contributed by atoms with van der Waals surface area (Å²) in [5.74, 6) is 0.101. The van der Waals surface area contributed by atoms with Crippen LogP contribution in [0, 0.1) is 0 Å². The second-order valence-corrected chi connectivity index (χ2v) is 8.19. The van der Waals surface area contributed by atoms with Gasteiger partial charge in [0.15, 0.2) is 5.16 Å². The lowest BCUT2D eigenvalue weighted by atomic mass is 10.2. The Kier molecular flexibility index (Phi) is 6.13. The van der Waals surface area contributed by atoms with Crippen molar-refractivity contribution in [2.45, 2.75) is 25.0 Å². The van der Waals surface area contributed by atoms with Crippen molar-refractivity contribution in [3.63, 3.8) is 0 Å². The number of carbonyl (C=O) groups is 1. The molecule has 0 aliphatic heterocycles. The van der Waals surface area contributed by atoms with E-state index in [-0.39, 0.29) is 23.3 Å². The zero-order chi connectivity index (χ0) is 21.8. The van der Waals surface area contributed by atoms with Crippen molar-refractivity contribution < 1.29 is 4.79 Å². The van der Waals surface area contributed by atoms with E-state index < -0.39 is 0 Å². The first-order chi connectivity index (χ1) is 15.1. The molecule has 0 N–H and O–H groups in total. The predicted molar refractivity (Wildman–Crippen MR) is 125 cm³/mol. The summed E-state index contributed by atoms with van der Waals surface area (Å²) < 4.78 is 1.52. The zero-order valence-corrected chi connectivity index (χ0v) is 18.1. The van der Waals surface area contributed by atoms with Gasteiger partial charge in [-0.1, -0.05) is 42.1 Å². The van der Waals surface area contributed by atoms with Crippen molar-refractivity contribution in [1.29, 1.82) is 0 Å². The van der Waals surface area contributed by atoms with Crippen LogP contribution in [0.15, 0.2) is 89.1 Å². The summed E-state index contributed by atoms with van der Waals surface area (Å²) in [7, 11) is 0. The molecule has 0 atom stereocenters. The van der Waals surface area contributed by atoms with E-state index in [0.717, 1.165) is 5.69 Å². The Morgan fingerprint density at radius 1 is 1.03 bits per heavy atom. The molecule has 0 unspecified atom stereocenters. The van der Waals surface area contributed by atoms with Gasteiger partial charge in [0.25, 0.3) is 5.56 Å². The summed E-state index contributed by atoms with van der Waals surface area (Å²) in [6.07, 6.45) is 3.27. The van der Waals surface area contributed by atoms with Crippen LogP contribution in [0.4, 0.5) is 5.69 Å². The molecule has 0 saturated heterocycles. The van der Waals surface area contributed by atoms with Gasteiger partial charge in [0.2, 0.25) is 5.91 Å². The van der Waals surface area contributed by atoms with Gasteiger partial charge in [0, 0.05) is 17.9 Å². The van der Waals surface area contributed by atoms with Gasteiger partial charge < -0.3 is 4.90 Å². The molecule has 4 rings (SSSR count). The molecule has 0 bridgehead atoms. The summed E-state index contributed by atoms with van der Waals surface area (Å²) in [4.78, 5) is 37.0. The van der Waals surface area contributed by atoms with Crippen molar-refractivity contribution in [1.82, 2.24) is 14.5 Å². The lowest BCUT2D eigenvalue weighted by Gasteiger charge is -2.27. The molecule has 6 nitrogen and oxygen atoms in total. The first-order valence-electron chi connectivity index (χ1n) is 9.98. The molecule has 0 spiro atoms. The molecule has 31 heavy (non-hydrogen) atoms. The Labute approximate surface area is 184 Å². The minimum Gasteiger partial charge on any atom is -0.309 e. The fourth-order valence-corrected chi connectivity index (χ4v) is 4.31. The predicted octanol–water partition coefficient (Wildman–Crippen LogP) is 4.31. The molecule has 0 aliphatic rings. The number of amides is 1. The van der Waals surface area contributed by atoms with Crippen LogP contribution in [0.3, 0.4) is 0 Å². The number of rotatable bonds is 6. The Hall–Kier alpha value is -3.45. The van der Waals surface area contributed by atoms with Gasteiger partial charge >= 0.3 is 0 Å². The van der Waals surface area contributed by atoms with Crippen LogP contribution in [0.5, 0.6) is 0 Å². The number of aromatic nitrogens is 3. The largest absolute Gasteiger partial charge is 0.309 e. The number of carbonyl (C=O) groups excluding carboxylic acids is 1. The average Bonchev–Trinajstić information content (AvgIpc) is 2.79. The maximum Gasteiger partial charge on any atom is 0.266 e. The van der Waals surface area contributed by atoms with Gasteiger partial charge in [-0.2, -0.15) is 0 Å². The summed E-state index contributed by atoms with van der Waals surface area (Å²) >= 11 is 1.25. The molecule has 0 saturated carbocycles. The number of pyridine rings is 1. The topological polar surface area (TPSA) is 68.1 Å². The number of hydrogen-bond acceptors (Lipinski definition) is 5. The van der Waals surface area contributed by atoms with Gasteiger partial charge in [0.1, 0.15) is 0 Å². The van der Waals surface area contributed by atoms with E-state index >= 15 is 0 Å². The molecule has 2 aromatic carbocycles. The fourth-order valence-electron chi connectivity index (χ4n) is 3.44. The third-order valence-electron chi connectivity index (χ3n) is 4.79. The van der Waals surface area contributed by atoms with Gasteiger partial charge in [-0.3, -0.25) is 19.1 Å². The van der Waals surface area contributed by atoms with Crippen molar-refractivity contribution in [2.24, 2.45) is 0 Å². The molecule has 0 radical (unpaired) electrons. The average molecular weight is 431 g/mol. The molecule has 0 aliphatic carbocycles. The van der Waals surface area contributed by atoms with Crippen LogP contribution >= 0.6 is 11.8 Å². The van der Waals surface area contributed by atoms with Crippen molar-refractivity contribution in [3.05, 3.63) is 89.5 Å². The number of fused-ring (bicyclic) bond motifs is 1. The van der Waals surface area contributed by atoms with Crippen molar-refractivity contribution >= 4 is 34.3 Å². The molecule has 1 amide bonds. The van der Waals surface area contributed by atoms with E-state index in [1.54, 1.807) is 41.6 Å². The lowest BCUT2D eigenvalue weighted by molar-refractivity contribution is -0.116. The maximum absolute atomic E-state index is 13.2. The zero-order valence-electron chi connectivity index (χ0n) is 17.3. The number of nitrogens with zero attached hydrogens (tertiary/aromatic N) is 4. The number of para-hydroxylation sites is 2. The quantitative estimate of drug-likeness (QED) is 0.337. The third-order valence-corrected chi connectivity index (χ3v) is 5.72. The van der Waals surface area contributed by atoms with E-state index in [4.69, 9.17) is 0 Å². The van der Waals surface area contributed by atoms with Gasteiger partial charge in [0.05, 0.1) is 28.5 Å². The fraction of sp³-hybridized carbons (Fsp3) is 0.167. The first kappa shape index (κ1) is 20.8. The highest BCUT2D eigenvalue weighted by Gasteiger charge is 2.21. The molecule has 2 aromatic heterocycles. The van der Waals surface area contributed by atoms with Crippen LogP contribution < -0.4 is 10.5 Å². The maximum atomic E-state index is 13.2. The molecular weight excluding hydrogens is 408 g/mol. The van der Waals surface area contributed by atoms with Crippen LogP contribution in [-0.2, 0) is 4.79 Å². The molecule has 156 valence electrons. The van der Waals surface area contributed by atoms with E-state index in [2.05, 4.69) is 9.97 Å². The van der Waals surface area contributed by atoms with Crippen LogP contribution in [0.1, 0.15) is 13.8 Å². The Bertz CT molecular complexity index is 1260. The van der Waals surface area contributed by atoms with E-state index in [1.807, 2.05) is 56.3 Å². The number of thioether (sulfide) groups is 1.